The van der Waals surface area contributed by atoms with E-state index in [2.05, 4.69) is 22.4 Å². The fourth-order valence-corrected chi connectivity index (χ4v) is 7.32. The second-order valence-corrected chi connectivity index (χ2v) is 11.8. The molecule has 3 aromatic heterocycles. The molecule has 3 N–H and O–H groups in total. The zero-order chi connectivity index (χ0) is 28.0. The Labute approximate surface area is 237 Å². The zero-order valence-electron chi connectivity index (χ0n) is 21.8. The second-order valence-electron chi connectivity index (χ2n) is 9.73. The van der Waals surface area contributed by atoms with Crippen LogP contribution in [-0.4, -0.2) is 43.8 Å². The summed E-state index contributed by atoms with van der Waals surface area (Å²) in [6.07, 6.45) is 2.64. The number of rotatable bonds is 7. The van der Waals surface area contributed by atoms with Crippen LogP contribution in [0.3, 0.4) is 0 Å². The molecule has 0 unspecified atom stereocenters. The first-order chi connectivity index (χ1) is 19.4. The van der Waals surface area contributed by atoms with Gasteiger partial charge < -0.3 is 15.8 Å². The SMILES string of the molecule is COc1cccc(-n2c(=O)c3ccccc3n3c(SCC(=O)Nc4sc5c(c4C(N)=O)CC[C@@H](C)C5)nnc23)c1. The van der Waals surface area contributed by atoms with Crippen LogP contribution in [-0.2, 0) is 17.6 Å². The maximum Gasteiger partial charge on any atom is 0.267 e. The molecule has 3 heterocycles. The quantitative estimate of drug-likeness (QED) is 0.280. The Hall–Kier alpha value is -4.16. The molecule has 0 spiro atoms. The first kappa shape index (κ1) is 26.1. The summed E-state index contributed by atoms with van der Waals surface area (Å²) in [5, 5.41) is 13.0. The van der Waals surface area contributed by atoms with E-state index >= 15 is 0 Å². The molecule has 10 nitrogen and oxygen atoms in total. The van der Waals surface area contributed by atoms with Gasteiger partial charge in [0.15, 0.2) is 5.16 Å². The van der Waals surface area contributed by atoms with Crippen LogP contribution >= 0.6 is 23.1 Å². The number of methoxy groups -OCH3 is 1. The van der Waals surface area contributed by atoms with E-state index in [1.807, 2.05) is 12.1 Å². The number of ether oxygens (including phenoxy) is 1. The van der Waals surface area contributed by atoms with Gasteiger partial charge in [-0.2, -0.15) is 0 Å². The van der Waals surface area contributed by atoms with Crippen LogP contribution in [0.15, 0.2) is 58.5 Å². The van der Waals surface area contributed by atoms with Crippen LogP contribution in [0.1, 0.15) is 34.1 Å². The van der Waals surface area contributed by atoms with Gasteiger partial charge in [0.05, 0.1) is 35.0 Å². The molecule has 0 saturated carbocycles. The standard InChI is InChI=1S/C28H26N6O4S2/c1-15-10-11-19-21(12-15)40-25(23(19)24(29)36)30-22(35)14-39-28-32-31-27-33(16-6-5-7-17(13-16)38-2)26(37)18-8-3-4-9-20(18)34(27)28/h3-9,13,15H,10-12,14H2,1-2H3,(H2,29,36)(H,30,35)/t15-/m1/s1. The van der Waals surface area contributed by atoms with Crippen molar-refractivity contribution in [1.29, 1.82) is 0 Å². The van der Waals surface area contributed by atoms with Crippen molar-refractivity contribution in [2.75, 3.05) is 18.2 Å². The van der Waals surface area contributed by atoms with Gasteiger partial charge in [-0.25, -0.2) is 4.57 Å². The predicted octanol–water partition coefficient (Wildman–Crippen LogP) is 4.06. The predicted molar refractivity (Wildman–Crippen MR) is 156 cm³/mol. The lowest BCUT2D eigenvalue weighted by atomic mass is 9.88. The molecule has 40 heavy (non-hydrogen) atoms. The van der Waals surface area contributed by atoms with Crippen molar-refractivity contribution in [3.05, 3.63) is 74.9 Å². The maximum absolute atomic E-state index is 13.5. The topological polar surface area (TPSA) is 134 Å². The first-order valence-electron chi connectivity index (χ1n) is 12.8. The Morgan fingerprint density at radius 1 is 1.20 bits per heavy atom. The molecule has 0 bridgehead atoms. The zero-order valence-corrected chi connectivity index (χ0v) is 23.5. The summed E-state index contributed by atoms with van der Waals surface area (Å²) >= 11 is 2.62. The number of carbonyl (C=O) groups excluding carboxylic acids is 2. The van der Waals surface area contributed by atoms with Crippen LogP contribution in [0.4, 0.5) is 5.00 Å². The minimum atomic E-state index is -0.527. The van der Waals surface area contributed by atoms with Crippen molar-refractivity contribution in [2.24, 2.45) is 11.7 Å². The van der Waals surface area contributed by atoms with Gasteiger partial charge in [0.25, 0.3) is 11.5 Å². The molecule has 0 saturated heterocycles. The summed E-state index contributed by atoms with van der Waals surface area (Å²) in [5.74, 6) is 0.639. The van der Waals surface area contributed by atoms with Crippen LogP contribution in [0.5, 0.6) is 5.75 Å². The van der Waals surface area contributed by atoms with Gasteiger partial charge >= 0.3 is 0 Å². The molecule has 1 aliphatic rings. The molecule has 1 aliphatic carbocycles. The van der Waals surface area contributed by atoms with E-state index in [1.54, 1.807) is 47.9 Å². The van der Waals surface area contributed by atoms with Crippen LogP contribution in [0.2, 0.25) is 0 Å². The largest absolute Gasteiger partial charge is 0.497 e. The molecule has 204 valence electrons. The van der Waals surface area contributed by atoms with E-state index in [9.17, 15) is 14.4 Å². The second kappa shape index (κ2) is 10.4. The fourth-order valence-electron chi connectivity index (χ4n) is 5.15. The number of fused-ring (bicyclic) bond motifs is 4. The summed E-state index contributed by atoms with van der Waals surface area (Å²) in [7, 11) is 1.56. The number of primary amides is 1. The van der Waals surface area contributed by atoms with Crippen molar-refractivity contribution >= 4 is 56.6 Å². The lowest BCUT2D eigenvalue weighted by Crippen LogP contribution is -2.22. The monoisotopic (exact) mass is 574 g/mol. The maximum atomic E-state index is 13.5. The van der Waals surface area contributed by atoms with Crippen LogP contribution in [0.25, 0.3) is 22.4 Å². The molecule has 12 heteroatoms. The average molecular weight is 575 g/mol. The van der Waals surface area contributed by atoms with Crippen molar-refractivity contribution < 1.29 is 14.3 Å². The fraction of sp³-hybridized carbons (Fsp3) is 0.250. The number of carbonyl (C=O) groups is 2. The molecule has 2 aromatic carbocycles. The minimum Gasteiger partial charge on any atom is -0.497 e. The Morgan fingerprint density at radius 2 is 2.02 bits per heavy atom. The number of benzene rings is 2. The van der Waals surface area contributed by atoms with E-state index in [0.29, 0.717) is 49.8 Å². The van der Waals surface area contributed by atoms with E-state index < -0.39 is 5.91 Å². The Kier molecular flexibility index (Phi) is 6.80. The number of thiophene rings is 1. The lowest BCUT2D eigenvalue weighted by molar-refractivity contribution is -0.113. The molecule has 2 amide bonds. The van der Waals surface area contributed by atoms with Crippen LogP contribution in [0, 0.1) is 5.92 Å². The number of para-hydroxylation sites is 1. The summed E-state index contributed by atoms with van der Waals surface area (Å²) in [6, 6.07) is 14.4. The molecular weight excluding hydrogens is 548 g/mol. The Morgan fingerprint density at radius 3 is 2.83 bits per heavy atom. The number of thioether (sulfide) groups is 1. The summed E-state index contributed by atoms with van der Waals surface area (Å²) in [5.41, 5.74) is 8.06. The Bertz CT molecular complexity index is 1860. The van der Waals surface area contributed by atoms with Gasteiger partial charge in [-0.15, -0.1) is 21.5 Å². The number of aromatic nitrogens is 4. The third-order valence-electron chi connectivity index (χ3n) is 7.05. The van der Waals surface area contributed by atoms with Crippen molar-refractivity contribution in [3.8, 4) is 11.4 Å². The number of nitrogens with zero attached hydrogens (tertiary/aromatic N) is 4. The normalized spacial score (nSPS) is 14.8. The minimum absolute atomic E-state index is 0.0184. The molecule has 0 radical (unpaired) electrons. The number of hydrogen-bond donors (Lipinski definition) is 2. The number of anilines is 1. The van der Waals surface area contributed by atoms with Crippen molar-refractivity contribution in [2.45, 2.75) is 31.3 Å². The smallest absolute Gasteiger partial charge is 0.267 e. The number of hydrogen-bond acceptors (Lipinski definition) is 8. The highest BCUT2D eigenvalue weighted by atomic mass is 32.2. The highest BCUT2D eigenvalue weighted by Crippen LogP contribution is 2.39. The van der Waals surface area contributed by atoms with E-state index in [1.165, 1.54) is 27.7 Å². The summed E-state index contributed by atoms with van der Waals surface area (Å²) < 4.78 is 8.61. The van der Waals surface area contributed by atoms with Crippen LogP contribution < -0.4 is 21.3 Å². The highest BCUT2D eigenvalue weighted by molar-refractivity contribution is 7.99. The van der Waals surface area contributed by atoms with Gasteiger partial charge in [-0.3, -0.25) is 18.8 Å². The first-order valence-corrected chi connectivity index (χ1v) is 14.6. The van der Waals surface area contributed by atoms with Crippen molar-refractivity contribution in [1.82, 2.24) is 19.2 Å². The van der Waals surface area contributed by atoms with Crippen molar-refractivity contribution in [3.63, 3.8) is 0 Å². The van der Waals surface area contributed by atoms with E-state index in [4.69, 9.17) is 10.5 Å². The van der Waals surface area contributed by atoms with Gasteiger partial charge in [0, 0.05) is 10.9 Å². The van der Waals surface area contributed by atoms with Gasteiger partial charge in [-0.1, -0.05) is 36.9 Å². The average Bonchev–Trinajstić information content (AvgIpc) is 3.53. The van der Waals surface area contributed by atoms with Gasteiger partial charge in [0.2, 0.25) is 11.7 Å². The summed E-state index contributed by atoms with van der Waals surface area (Å²) in [6.45, 7) is 2.18. The van der Waals surface area contributed by atoms with Gasteiger partial charge in [0.1, 0.15) is 10.8 Å². The molecule has 6 rings (SSSR count). The number of nitrogens with two attached hydrogens (primary N) is 1. The molecule has 0 fully saturated rings. The lowest BCUT2D eigenvalue weighted by Gasteiger charge is -2.18. The molecule has 0 aliphatic heterocycles. The molecule has 1 atom stereocenters. The van der Waals surface area contributed by atoms with E-state index in [-0.39, 0.29) is 17.2 Å². The van der Waals surface area contributed by atoms with E-state index in [0.717, 1.165) is 29.7 Å². The number of amides is 2. The Balaban J connectivity index is 1.34. The summed E-state index contributed by atoms with van der Waals surface area (Å²) in [4.78, 5) is 40.0. The van der Waals surface area contributed by atoms with Gasteiger partial charge in [-0.05, 0) is 55.0 Å². The highest BCUT2D eigenvalue weighted by Gasteiger charge is 2.27. The number of nitrogens with one attached hydrogen (secondary N) is 1. The third kappa shape index (κ3) is 4.52. The molecule has 5 aromatic rings. The molecular formula is C28H26N6O4S2. The third-order valence-corrected chi connectivity index (χ3v) is 9.15.